The third kappa shape index (κ3) is 5.59. The maximum atomic E-state index is 11.9. The maximum absolute atomic E-state index is 11.9. The van der Waals surface area contributed by atoms with E-state index in [1.165, 1.54) is 25.7 Å². The number of nitrogens with zero attached hydrogens (tertiary/aromatic N) is 1. The van der Waals surface area contributed by atoms with Crippen LogP contribution in [0.1, 0.15) is 66.2 Å². The number of hydrogen-bond donors (Lipinski definition) is 2. The van der Waals surface area contributed by atoms with Gasteiger partial charge in [-0.3, -0.25) is 9.69 Å². The molecule has 2 atom stereocenters. The van der Waals surface area contributed by atoms with Crippen LogP contribution in [0.25, 0.3) is 0 Å². The number of nitrogens with one attached hydrogen (secondary N) is 1. The highest BCUT2D eigenvalue weighted by Gasteiger charge is 2.38. The molecule has 1 saturated carbocycles. The number of nitrogens with two attached hydrogens (primary N) is 1. The Bertz CT molecular complexity index is 319. The lowest BCUT2D eigenvalue weighted by Crippen LogP contribution is -2.57. The van der Waals surface area contributed by atoms with Crippen molar-refractivity contribution in [2.45, 2.75) is 77.8 Å². The lowest BCUT2D eigenvalue weighted by Gasteiger charge is -2.48. The quantitative estimate of drug-likeness (QED) is 0.724. The molecule has 0 aromatic heterocycles. The number of rotatable bonds is 8. The third-order valence-corrected chi connectivity index (χ3v) is 4.67. The van der Waals surface area contributed by atoms with E-state index in [2.05, 4.69) is 24.1 Å². The van der Waals surface area contributed by atoms with E-state index in [9.17, 15) is 4.79 Å². The summed E-state index contributed by atoms with van der Waals surface area (Å²) in [6.45, 7) is 11.1. The first-order chi connectivity index (χ1) is 9.93. The van der Waals surface area contributed by atoms with Gasteiger partial charge < -0.3 is 11.1 Å². The summed E-state index contributed by atoms with van der Waals surface area (Å²) < 4.78 is 0. The minimum absolute atomic E-state index is 0.117. The van der Waals surface area contributed by atoms with Crippen LogP contribution < -0.4 is 11.1 Å². The summed E-state index contributed by atoms with van der Waals surface area (Å²) in [5.74, 6) is 0.897. The highest BCUT2D eigenvalue weighted by molar-refractivity contribution is 5.76. The fraction of sp³-hybridized carbons (Fsp3) is 0.941. The number of carbonyl (C=O) groups is 1. The predicted molar refractivity (Wildman–Crippen MR) is 89.2 cm³/mol. The van der Waals surface area contributed by atoms with E-state index in [0.29, 0.717) is 13.0 Å². The zero-order valence-electron chi connectivity index (χ0n) is 14.5. The third-order valence-electron chi connectivity index (χ3n) is 4.67. The van der Waals surface area contributed by atoms with Gasteiger partial charge in [0.05, 0.1) is 0 Å². The molecule has 1 fully saturated rings. The molecule has 2 unspecified atom stereocenters. The van der Waals surface area contributed by atoms with E-state index in [-0.39, 0.29) is 17.5 Å². The molecule has 4 nitrogen and oxygen atoms in total. The molecule has 1 amide bonds. The zero-order valence-corrected chi connectivity index (χ0v) is 14.5. The molecule has 3 N–H and O–H groups in total. The molecule has 0 aliphatic heterocycles. The number of amides is 1. The Kier molecular flexibility index (Phi) is 7.67. The Morgan fingerprint density at radius 1 is 1.43 bits per heavy atom. The van der Waals surface area contributed by atoms with E-state index in [1.807, 2.05) is 13.8 Å². The van der Waals surface area contributed by atoms with E-state index in [0.717, 1.165) is 25.4 Å². The second-order valence-corrected chi connectivity index (χ2v) is 7.09. The average molecular weight is 297 g/mol. The molecule has 0 spiro atoms. The van der Waals surface area contributed by atoms with Crippen molar-refractivity contribution in [1.29, 1.82) is 0 Å². The van der Waals surface area contributed by atoms with Crippen molar-refractivity contribution in [3.8, 4) is 0 Å². The van der Waals surface area contributed by atoms with Crippen molar-refractivity contribution < 1.29 is 4.79 Å². The van der Waals surface area contributed by atoms with Crippen LogP contribution in [0, 0.1) is 5.92 Å². The van der Waals surface area contributed by atoms with Gasteiger partial charge in [0.25, 0.3) is 0 Å². The highest BCUT2D eigenvalue weighted by Crippen LogP contribution is 2.36. The first-order valence-corrected chi connectivity index (χ1v) is 8.68. The van der Waals surface area contributed by atoms with Gasteiger partial charge in [0, 0.05) is 31.1 Å². The zero-order chi connectivity index (χ0) is 15.9. The molecule has 0 radical (unpaired) electrons. The van der Waals surface area contributed by atoms with Gasteiger partial charge in [-0.05, 0) is 45.6 Å². The summed E-state index contributed by atoms with van der Waals surface area (Å²) in [6, 6.07) is 0.218. The van der Waals surface area contributed by atoms with Crippen LogP contribution >= 0.6 is 0 Å². The SMILES string of the molecule is CCCN(CCC(=O)NC(C)C)C1(CN)CCCC(C)C1. The van der Waals surface area contributed by atoms with Gasteiger partial charge >= 0.3 is 0 Å². The monoisotopic (exact) mass is 297 g/mol. The predicted octanol–water partition coefficient (Wildman–Crippen LogP) is 2.52. The van der Waals surface area contributed by atoms with Crippen molar-refractivity contribution >= 4 is 5.91 Å². The van der Waals surface area contributed by atoms with Crippen LogP contribution in [-0.2, 0) is 4.79 Å². The fourth-order valence-corrected chi connectivity index (χ4v) is 3.72. The van der Waals surface area contributed by atoms with Gasteiger partial charge in [-0.15, -0.1) is 0 Å². The van der Waals surface area contributed by atoms with Crippen LogP contribution in [0.15, 0.2) is 0 Å². The van der Waals surface area contributed by atoms with E-state index >= 15 is 0 Å². The summed E-state index contributed by atoms with van der Waals surface area (Å²) in [4.78, 5) is 14.4. The van der Waals surface area contributed by atoms with Crippen LogP contribution in [0.4, 0.5) is 0 Å². The van der Waals surface area contributed by atoms with Gasteiger partial charge in [0.15, 0.2) is 0 Å². The first kappa shape index (κ1) is 18.4. The molecule has 4 heteroatoms. The van der Waals surface area contributed by atoms with Gasteiger partial charge in [-0.25, -0.2) is 0 Å². The molecule has 0 heterocycles. The maximum Gasteiger partial charge on any atom is 0.221 e. The fourth-order valence-electron chi connectivity index (χ4n) is 3.72. The average Bonchev–Trinajstić information content (AvgIpc) is 2.42. The van der Waals surface area contributed by atoms with Gasteiger partial charge in [0.2, 0.25) is 5.91 Å². The summed E-state index contributed by atoms with van der Waals surface area (Å²) in [5.41, 5.74) is 6.29. The van der Waals surface area contributed by atoms with E-state index < -0.39 is 0 Å². The molecule has 1 aliphatic rings. The first-order valence-electron chi connectivity index (χ1n) is 8.68. The van der Waals surface area contributed by atoms with Crippen LogP contribution in [0.5, 0.6) is 0 Å². The Morgan fingerprint density at radius 2 is 2.14 bits per heavy atom. The summed E-state index contributed by atoms with van der Waals surface area (Å²) >= 11 is 0. The van der Waals surface area contributed by atoms with Crippen molar-refractivity contribution in [2.75, 3.05) is 19.6 Å². The summed E-state index contributed by atoms with van der Waals surface area (Å²) in [7, 11) is 0. The standard InChI is InChI=1S/C17H35N3O/c1-5-10-20(11-8-16(21)19-14(2)3)17(13-18)9-6-7-15(4)12-17/h14-15H,5-13,18H2,1-4H3,(H,19,21). The number of hydrogen-bond acceptors (Lipinski definition) is 3. The summed E-state index contributed by atoms with van der Waals surface area (Å²) in [6.07, 6.45) is 6.62. The van der Waals surface area contributed by atoms with Crippen molar-refractivity contribution in [3.63, 3.8) is 0 Å². The van der Waals surface area contributed by atoms with E-state index in [4.69, 9.17) is 5.73 Å². The smallest absolute Gasteiger partial charge is 0.221 e. The second kappa shape index (κ2) is 8.74. The van der Waals surface area contributed by atoms with Crippen LogP contribution in [-0.4, -0.2) is 42.0 Å². The van der Waals surface area contributed by atoms with Gasteiger partial charge in [-0.1, -0.05) is 26.7 Å². The second-order valence-electron chi connectivity index (χ2n) is 7.09. The van der Waals surface area contributed by atoms with Gasteiger partial charge in [-0.2, -0.15) is 0 Å². The highest BCUT2D eigenvalue weighted by atomic mass is 16.1. The molecule has 124 valence electrons. The van der Waals surface area contributed by atoms with E-state index in [1.54, 1.807) is 0 Å². The molecule has 1 aliphatic carbocycles. The molecule has 1 rings (SSSR count). The Hall–Kier alpha value is -0.610. The Balaban J connectivity index is 2.67. The van der Waals surface area contributed by atoms with Crippen molar-refractivity contribution in [1.82, 2.24) is 10.2 Å². The lowest BCUT2D eigenvalue weighted by molar-refractivity contribution is -0.122. The minimum atomic E-state index is 0.117. The molecule has 0 bridgehead atoms. The molecule has 0 saturated heterocycles. The minimum Gasteiger partial charge on any atom is -0.354 e. The molecule has 0 aromatic carbocycles. The summed E-state index contributed by atoms with van der Waals surface area (Å²) in [5, 5.41) is 2.99. The lowest BCUT2D eigenvalue weighted by atomic mass is 9.75. The molecular formula is C17H35N3O. The molecule has 21 heavy (non-hydrogen) atoms. The van der Waals surface area contributed by atoms with Crippen LogP contribution in [0.2, 0.25) is 0 Å². The number of carbonyl (C=O) groups excluding carboxylic acids is 1. The topological polar surface area (TPSA) is 58.4 Å². The largest absolute Gasteiger partial charge is 0.354 e. The Labute approximate surface area is 130 Å². The Morgan fingerprint density at radius 3 is 2.67 bits per heavy atom. The van der Waals surface area contributed by atoms with Crippen molar-refractivity contribution in [2.24, 2.45) is 11.7 Å². The molecular weight excluding hydrogens is 262 g/mol. The normalized spacial score (nSPS) is 26.3. The van der Waals surface area contributed by atoms with Gasteiger partial charge in [0.1, 0.15) is 0 Å². The van der Waals surface area contributed by atoms with Crippen LogP contribution in [0.3, 0.4) is 0 Å². The van der Waals surface area contributed by atoms with Crippen molar-refractivity contribution in [3.05, 3.63) is 0 Å². The molecule has 0 aromatic rings.